The molecule has 0 aliphatic heterocycles. The number of fused-ring (bicyclic) bond motifs is 1. The van der Waals surface area contributed by atoms with Crippen molar-refractivity contribution in [2.75, 3.05) is 17.2 Å². The van der Waals surface area contributed by atoms with E-state index in [2.05, 4.69) is 55.2 Å². The lowest BCUT2D eigenvalue weighted by atomic mass is 10.1. The van der Waals surface area contributed by atoms with Crippen molar-refractivity contribution in [1.29, 1.82) is 0 Å². The van der Waals surface area contributed by atoms with Gasteiger partial charge in [-0.25, -0.2) is 0 Å². The predicted molar refractivity (Wildman–Crippen MR) is 87.0 cm³/mol. The van der Waals surface area contributed by atoms with Crippen molar-refractivity contribution in [2.24, 2.45) is 0 Å². The van der Waals surface area contributed by atoms with Gasteiger partial charge in [-0.3, -0.25) is 0 Å². The molecule has 0 bridgehead atoms. The maximum absolute atomic E-state index is 4.43. The van der Waals surface area contributed by atoms with Gasteiger partial charge in [0.05, 0.1) is 6.20 Å². The number of hydrogen-bond donors (Lipinski definition) is 3. The van der Waals surface area contributed by atoms with E-state index < -0.39 is 0 Å². The molecule has 3 N–H and O–H groups in total. The van der Waals surface area contributed by atoms with Crippen LogP contribution in [0.4, 0.5) is 11.8 Å². The highest BCUT2D eigenvalue weighted by atomic mass is 15.3. The minimum atomic E-state index is 0.566. The number of benzene rings is 1. The lowest BCUT2D eigenvalue weighted by Gasteiger charge is -2.06. The number of aromatic amines is 1. The molecule has 1 saturated carbocycles. The Labute approximate surface area is 128 Å². The topological polar surface area (TPSA) is 78.5 Å². The minimum Gasteiger partial charge on any atom is -0.366 e. The number of H-pyrrole nitrogens is 1. The average molecular weight is 294 g/mol. The van der Waals surface area contributed by atoms with E-state index in [1.54, 1.807) is 6.20 Å². The van der Waals surface area contributed by atoms with Gasteiger partial charge in [-0.1, -0.05) is 18.2 Å². The Morgan fingerprint density at radius 2 is 2.14 bits per heavy atom. The SMILES string of the molecule is c1ccc2c(CCNc3nncc(NC4CC4)n3)c[nH]c2c1. The summed E-state index contributed by atoms with van der Waals surface area (Å²) in [5.41, 5.74) is 2.47. The first kappa shape index (κ1) is 13.1. The molecule has 0 radical (unpaired) electrons. The maximum atomic E-state index is 4.43. The molecule has 1 aliphatic carbocycles. The number of nitrogens with zero attached hydrogens (tertiary/aromatic N) is 3. The molecular formula is C16H18N6. The molecule has 2 heterocycles. The molecule has 3 aromatic rings. The molecule has 0 spiro atoms. The second-order valence-corrected chi connectivity index (χ2v) is 5.62. The molecule has 1 aliphatic rings. The van der Waals surface area contributed by atoms with Crippen molar-refractivity contribution in [3.05, 3.63) is 42.2 Å². The monoisotopic (exact) mass is 294 g/mol. The van der Waals surface area contributed by atoms with Crippen LogP contribution in [-0.2, 0) is 6.42 Å². The van der Waals surface area contributed by atoms with Crippen LogP contribution in [0.1, 0.15) is 18.4 Å². The van der Waals surface area contributed by atoms with Crippen molar-refractivity contribution in [1.82, 2.24) is 20.2 Å². The molecule has 0 amide bonds. The molecule has 0 atom stereocenters. The van der Waals surface area contributed by atoms with Gasteiger partial charge in [0.15, 0.2) is 5.82 Å². The Kier molecular flexibility index (Phi) is 3.34. The van der Waals surface area contributed by atoms with E-state index in [9.17, 15) is 0 Å². The van der Waals surface area contributed by atoms with Crippen molar-refractivity contribution in [3.8, 4) is 0 Å². The molecule has 22 heavy (non-hydrogen) atoms. The number of aromatic nitrogens is 4. The third kappa shape index (κ3) is 2.86. The Hall–Kier alpha value is -2.63. The molecule has 0 unspecified atom stereocenters. The minimum absolute atomic E-state index is 0.566. The Morgan fingerprint density at radius 3 is 3.05 bits per heavy atom. The Balaban J connectivity index is 1.38. The lowest BCUT2D eigenvalue weighted by molar-refractivity contribution is 0.922. The molecule has 2 aromatic heterocycles. The molecule has 1 aromatic carbocycles. The molecule has 1 fully saturated rings. The molecular weight excluding hydrogens is 276 g/mol. The van der Waals surface area contributed by atoms with Crippen LogP contribution in [0, 0.1) is 0 Å². The van der Waals surface area contributed by atoms with E-state index in [1.807, 2.05) is 6.07 Å². The van der Waals surface area contributed by atoms with E-state index in [4.69, 9.17) is 0 Å². The third-order valence-corrected chi connectivity index (χ3v) is 3.84. The normalized spacial score (nSPS) is 14.2. The fraction of sp³-hybridized carbons (Fsp3) is 0.312. The van der Waals surface area contributed by atoms with E-state index in [-0.39, 0.29) is 0 Å². The summed E-state index contributed by atoms with van der Waals surface area (Å²) in [5.74, 6) is 1.37. The van der Waals surface area contributed by atoms with E-state index >= 15 is 0 Å². The van der Waals surface area contributed by atoms with Gasteiger partial charge in [0.25, 0.3) is 0 Å². The summed E-state index contributed by atoms with van der Waals surface area (Å²) < 4.78 is 0. The second kappa shape index (κ2) is 5.63. The van der Waals surface area contributed by atoms with Crippen molar-refractivity contribution < 1.29 is 0 Å². The molecule has 6 heteroatoms. The number of para-hydroxylation sites is 1. The van der Waals surface area contributed by atoms with E-state index in [1.165, 1.54) is 29.3 Å². The van der Waals surface area contributed by atoms with E-state index in [0.29, 0.717) is 12.0 Å². The highest BCUT2D eigenvalue weighted by Crippen LogP contribution is 2.23. The standard InChI is InChI=1S/C16H18N6/c1-2-4-14-13(3-1)11(9-18-14)7-8-17-16-21-15(10-19-22-16)20-12-5-6-12/h1-4,9-10,12,18H,5-8H2,(H2,17,20,21,22). The van der Waals surface area contributed by atoms with Crippen molar-refractivity contribution in [2.45, 2.75) is 25.3 Å². The average Bonchev–Trinajstić information content (AvgIpc) is 3.26. The highest BCUT2D eigenvalue weighted by molar-refractivity contribution is 5.83. The van der Waals surface area contributed by atoms with Crippen LogP contribution in [0.25, 0.3) is 10.9 Å². The summed E-state index contributed by atoms with van der Waals surface area (Å²) in [6.07, 6.45) is 7.08. The zero-order valence-corrected chi connectivity index (χ0v) is 12.2. The van der Waals surface area contributed by atoms with Crippen LogP contribution in [0.15, 0.2) is 36.7 Å². The fourth-order valence-corrected chi connectivity index (χ4v) is 2.53. The summed E-state index contributed by atoms with van der Waals surface area (Å²) in [4.78, 5) is 7.72. The number of nitrogens with one attached hydrogen (secondary N) is 3. The molecule has 112 valence electrons. The largest absolute Gasteiger partial charge is 0.366 e. The first-order valence-corrected chi connectivity index (χ1v) is 7.63. The van der Waals surface area contributed by atoms with E-state index in [0.717, 1.165) is 18.8 Å². The lowest BCUT2D eigenvalue weighted by Crippen LogP contribution is -2.11. The second-order valence-electron chi connectivity index (χ2n) is 5.62. The van der Waals surface area contributed by atoms with Crippen LogP contribution in [-0.4, -0.2) is 32.8 Å². The Bertz CT molecular complexity index is 777. The summed E-state index contributed by atoms with van der Waals surface area (Å²) in [7, 11) is 0. The predicted octanol–water partition coefficient (Wildman–Crippen LogP) is 2.58. The quantitative estimate of drug-likeness (QED) is 0.651. The zero-order chi connectivity index (χ0) is 14.8. The van der Waals surface area contributed by atoms with Crippen LogP contribution in [0.5, 0.6) is 0 Å². The van der Waals surface area contributed by atoms with Gasteiger partial charge in [0, 0.05) is 29.7 Å². The number of rotatable bonds is 6. The summed E-state index contributed by atoms with van der Waals surface area (Å²) in [5, 5.41) is 15.9. The van der Waals surface area contributed by atoms with Gasteiger partial charge in [-0.15, -0.1) is 5.10 Å². The third-order valence-electron chi connectivity index (χ3n) is 3.84. The van der Waals surface area contributed by atoms with Crippen LogP contribution in [0.2, 0.25) is 0 Å². The van der Waals surface area contributed by atoms with Gasteiger partial charge < -0.3 is 15.6 Å². The van der Waals surface area contributed by atoms with Crippen molar-refractivity contribution >= 4 is 22.7 Å². The van der Waals surface area contributed by atoms with Crippen molar-refractivity contribution in [3.63, 3.8) is 0 Å². The van der Waals surface area contributed by atoms with Gasteiger partial charge in [-0.2, -0.15) is 10.1 Å². The summed E-state index contributed by atoms with van der Waals surface area (Å²) in [6, 6.07) is 8.90. The van der Waals surface area contributed by atoms with Gasteiger partial charge in [0.1, 0.15) is 0 Å². The number of anilines is 2. The smallest absolute Gasteiger partial charge is 0.244 e. The van der Waals surface area contributed by atoms with Gasteiger partial charge >= 0.3 is 0 Å². The van der Waals surface area contributed by atoms with Crippen LogP contribution < -0.4 is 10.6 Å². The molecule has 6 nitrogen and oxygen atoms in total. The maximum Gasteiger partial charge on any atom is 0.244 e. The zero-order valence-electron chi connectivity index (χ0n) is 12.2. The fourth-order valence-electron chi connectivity index (χ4n) is 2.53. The molecule has 0 saturated heterocycles. The van der Waals surface area contributed by atoms with Crippen LogP contribution in [0.3, 0.4) is 0 Å². The number of hydrogen-bond acceptors (Lipinski definition) is 5. The van der Waals surface area contributed by atoms with Crippen LogP contribution >= 0.6 is 0 Å². The van der Waals surface area contributed by atoms with Gasteiger partial charge in [0.2, 0.25) is 5.95 Å². The first-order valence-electron chi connectivity index (χ1n) is 7.63. The Morgan fingerprint density at radius 1 is 1.23 bits per heavy atom. The van der Waals surface area contributed by atoms with Gasteiger partial charge in [-0.05, 0) is 30.9 Å². The molecule has 4 rings (SSSR count). The summed E-state index contributed by atoms with van der Waals surface area (Å²) in [6.45, 7) is 0.774. The highest BCUT2D eigenvalue weighted by Gasteiger charge is 2.21. The summed E-state index contributed by atoms with van der Waals surface area (Å²) >= 11 is 0. The first-order chi connectivity index (χ1) is 10.9.